The van der Waals surface area contributed by atoms with Gasteiger partial charge in [0.1, 0.15) is 0 Å². The van der Waals surface area contributed by atoms with Gasteiger partial charge >= 0.3 is 10.1 Å². The van der Waals surface area contributed by atoms with Gasteiger partial charge in [0.2, 0.25) is 0 Å². The number of nitrogens with one attached hydrogen (secondary N) is 1. The highest BCUT2D eigenvalue weighted by Gasteiger charge is 2.13. The first-order valence-electron chi connectivity index (χ1n) is 3.43. The molecule has 0 spiro atoms. The fraction of sp³-hybridized carbons (Fsp3) is 0.143. The first-order valence-corrected chi connectivity index (χ1v) is 4.84. The topological polar surface area (TPSA) is 64.6 Å². The van der Waals surface area contributed by atoms with Crippen molar-refractivity contribution in [3.05, 3.63) is 30.3 Å². The highest BCUT2D eigenvalue weighted by atomic mass is 32.2. The average molecular weight is 203 g/mol. The van der Waals surface area contributed by atoms with Crippen LogP contribution in [-0.2, 0) is 19.2 Å². The van der Waals surface area contributed by atoms with Crippen molar-refractivity contribution >= 4 is 10.1 Å². The van der Waals surface area contributed by atoms with E-state index in [0.717, 1.165) is 0 Å². The van der Waals surface area contributed by atoms with Crippen LogP contribution in [-0.4, -0.2) is 15.5 Å². The Morgan fingerprint density at radius 3 is 2.38 bits per heavy atom. The van der Waals surface area contributed by atoms with Gasteiger partial charge in [0.15, 0.2) is 0 Å². The summed E-state index contributed by atoms with van der Waals surface area (Å²) in [4.78, 5) is 4.32. The van der Waals surface area contributed by atoms with Gasteiger partial charge in [-0.2, -0.15) is 8.42 Å². The normalized spacial score (nSPS) is 11.5. The van der Waals surface area contributed by atoms with Gasteiger partial charge in [0.05, 0.1) is 12.0 Å². The van der Waals surface area contributed by atoms with E-state index in [9.17, 15) is 8.42 Å². The number of hydrogen-bond donors (Lipinski definition) is 1. The zero-order valence-electron chi connectivity index (χ0n) is 6.93. The van der Waals surface area contributed by atoms with E-state index in [4.69, 9.17) is 0 Å². The molecule has 0 aromatic heterocycles. The van der Waals surface area contributed by atoms with Gasteiger partial charge in [-0.3, -0.25) is 4.84 Å². The van der Waals surface area contributed by atoms with Crippen LogP contribution in [0.5, 0.6) is 0 Å². The molecule has 0 heterocycles. The second-order valence-electron chi connectivity index (χ2n) is 2.14. The van der Waals surface area contributed by atoms with Gasteiger partial charge in [-0.1, -0.05) is 23.8 Å². The van der Waals surface area contributed by atoms with Crippen molar-refractivity contribution in [2.24, 2.45) is 0 Å². The zero-order valence-corrected chi connectivity index (χ0v) is 7.74. The molecule has 1 aromatic carbocycles. The maximum Gasteiger partial charge on any atom is 0.314 e. The lowest BCUT2D eigenvalue weighted by molar-refractivity contribution is -0.0751. The molecule has 0 fully saturated rings. The first-order chi connectivity index (χ1) is 6.17. The Morgan fingerprint density at radius 2 is 1.85 bits per heavy atom. The zero-order chi connectivity index (χ0) is 9.73. The lowest BCUT2D eigenvalue weighted by Crippen LogP contribution is -2.18. The predicted octanol–water partition coefficient (Wildman–Crippen LogP) is 0.458. The Morgan fingerprint density at radius 1 is 1.23 bits per heavy atom. The third kappa shape index (κ3) is 2.78. The number of benzene rings is 1. The SMILES string of the molecule is CONOS(=O)(=O)c1ccccc1. The van der Waals surface area contributed by atoms with E-state index in [1.54, 1.807) is 23.8 Å². The third-order valence-electron chi connectivity index (χ3n) is 1.26. The monoisotopic (exact) mass is 203 g/mol. The van der Waals surface area contributed by atoms with Crippen molar-refractivity contribution in [2.45, 2.75) is 4.90 Å². The second kappa shape index (κ2) is 4.33. The summed E-state index contributed by atoms with van der Waals surface area (Å²) in [6, 6.07) is 7.76. The molecule has 72 valence electrons. The maximum atomic E-state index is 11.2. The Kier molecular flexibility index (Phi) is 3.38. The smallest absolute Gasteiger partial charge is 0.279 e. The van der Waals surface area contributed by atoms with Crippen LogP contribution in [0.1, 0.15) is 0 Å². The van der Waals surface area contributed by atoms with Crippen LogP contribution >= 0.6 is 0 Å². The number of rotatable bonds is 4. The van der Waals surface area contributed by atoms with Crippen molar-refractivity contribution in [3.63, 3.8) is 0 Å². The molecule has 0 unspecified atom stereocenters. The molecule has 1 aromatic rings. The molecule has 5 nitrogen and oxygen atoms in total. The quantitative estimate of drug-likeness (QED) is 0.720. The Bertz CT molecular complexity index is 348. The van der Waals surface area contributed by atoms with Gasteiger partial charge in [0.25, 0.3) is 0 Å². The highest BCUT2D eigenvalue weighted by molar-refractivity contribution is 7.86. The minimum absolute atomic E-state index is 0.0690. The summed E-state index contributed by atoms with van der Waals surface area (Å²) in [5, 5.41) is 0. The molecule has 1 rings (SSSR count). The van der Waals surface area contributed by atoms with Crippen LogP contribution in [0.2, 0.25) is 0 Å². The molecule has 0 radical (unpaired) electrons. The minimum Gasteiger partial charge on any atom is -0.279 e. The second-order valence-corrected chi connectivity index (χ2v) is 3.68. The minimum atomic E-state index is -3.76. The van der Waals surface area contributed by atoms with Crippen LogP contribution < -0.4 is 5.64 Å². The van der Waals surface area contributed by atoms with E-state index in [2.05, 4.69) is 9.12 Å². The lowest BCUT2D eigenvalue weighted by atomic mass is 10.4. The van der Waals surface area contributed by atoms with Crippen LogP contribution in [0.3, 0.4) is 0 Å². The molecule has 0 atom stereocenters. The molecule has 0 aliphatic rings. The van der Waals surface area contributed by atoms with E-state index in [0.29, 0.717) is 0 Å². The van der Waals surface area contributed by atoms with E-state index in [1.165, 1.54) is 19.2 Å². The van der Waals surface area contributed by atoms with Crippen molar-refractivity contribution in [1.82, 2.24) is 5.64 Å². The molecule has 0 bridgehead atoms. The number of hydrogen-bond acceptors (Lipinski definition) is 5. The molecule has 6 heteroatoms. The van der Waals surface area contributed by atoms with Crippen LogP contribution in [0.15, 0.2) is 35.2 Å². The summed E-state index contributed by atoms with van der Waals surface area (Å²) < 4.78 is 26.7. The van der Waals surface area contributed by atoms with Crippen LogP contribution in [0.25, 0.3) is 0 Å². The van der Waals surface area contributed by atoms with Gasteiger partial charge in [-0.05, 0) is 12.1 Å². The summed E-state index contributed by atoms with van der Waals surface area (Å²) in [6.07, 6.45) is 0. The predicted molar refractivity (Wildman–Crippen MR) is 44.9 cm³/mol. The summed E-state index contributed by atoms with van der Waals surface area (Å²) in [7, 11) is -2.51. The average Bonchev–Trinajstić information content (AvgIpc) is 2.16. The van der Waals surface area contributed by atoms with Crippen molar-refractivity contribution in [2.75, 3.05) is 7.11 Å². The van der Waals surface area contributed by atoms with Crippen LogP contribution in [0.4, 0.5) is 0 Å². The summed E-state index contributed by atoms with van der Waals surface area (Å²) in [5.41, 5.74) is 1.80. The molecule has 0 aliphatic carbocycles. The van der Waals surface area contributed by atoms with Crippen molar-refractivity contribution in [3.8, 4) is 0 Å². The van der Waals surface area contributed by atoms with Gasteiger partial charge in [0, 0.05) is 0 Å². The van der Waals surface area contributed by atoms with Gasteiger partial charge in [-0.25, -0.2) is 0 Å². The van der Waals surface area contributed by atoms with Crippen molar-refractivity contribution in [1.29, 1.82) is 0 Å². The summed E-state index contributed by atoms with van der Waals surface area (Å²) in [6.45, 7) is 0. The van der Waals surface area contributed by atoms with E-state index >= 15 is 0 Å². The Hall–Kier alpha value is -0.950. The Labute approximate surface area is 76.3 Å². The Balaban J connectivity index is 2.83. The molecular weight excluding hydrogens is 194 g/mol. The van der Waals surface area contributed by atoms with E-state index in [-0.39, 0.29) is 4.90 Å². The maximum absolute atomic E-state index is 11.2. The van der Waals surface area contributed by atoms with E-state index < -0.39 is 10.1 Å². The molecule has 0 saturated heterocycles. The molecule has 13 heavy (non-hydrogen) atoms. The lowest BCUT2D eigenvalue weighted by Gasteiger charge is -2.03. The summed E-state index contributed by atoms with van der Waals surface area (Å²) >= 11 is 0. The molecule has 0 saturated carbocycles. The van der Waals surface area contributed by atoms with Gasteiger partial charge < -0.3 is 0 Å². The fourth-order valence-corrected chi connectivity index (χ4v) is 1.46. The largest absolute Gasteiger partial charge is 0.314 e. The highest BCUT2D eigenvalue weighted by Crippen LogP contribution is 2.09. The van der Waals surface area contributed by atoms with Crippen molar-refractivity contribution < 1.29 is 17.5 Å². The first kappa shape index (κ1) is 10.1. The molecule has 0 aliphatic heterocycles. The molecule has 0 amide bonds. The third-order valence-corrected chi connectivity index (χ3v) is 2.40. The van der Waals surface area contributed by atoms with E-state index in [1.807, 2.05) is 0 Å². The fourth-order valence-electron chi connectivity index (χ4n) is 0.714. The summed E-state index contributed by atoms with van der Waals surface area (Å²) in [5.74, 6) is 0. The molecular formula is C7H9NO4S. The molecule has 1 N–H and O–H groups in total. The van der Waals surface area contributed by atoms with Crippen LogP contribution in [0, 0.1) is 0 Å². The van der Waals surface area contributed by atoms with Gasteiger partial charge in [-0.15, -0.1) is 4.28 Å². The standard InChI is InChI=1S/C7H9NO4S/c1-11-8-12-13(9,10)7-5-3-2-4-6-7/h2-6,8H,1H3.